The molecule has 0 saturated heterocycles. The number of ether oxygens (including phenoxy) is 1. The molecule has 0 aliphatic rings. The van der Waals surface area contributed by atoms with E-state index in [1.807, 2.05) is 58.0 Å². The first-order valence-corrected chi connectivity index (χ1v) is 15.0. The largest absolute Gasteiger partial charge is 0.494 e. The molecular weight excluding hydrogens is 526 g/mol. The van der Waals surface area contributed by atoms with E-state index >= 15 is 0 Å². The van der Waals surface area contributed by atoms with Gasteiger partial charge < -0.3 is 15.0 Å². The maximum absolute atomic E-state index is 13.9. The highest BCUT2D eigenvalue weighted by atomic mass is 32.2. The zero-order chi connectivity index (χ0) is 29.3. The quantitative estimate of drug-likeness (QED) is 0.317. The van der Waals surface area contributed by atoms with Crippen LogP contribution in [0.2, 0.25) is 0 Å². The van der Waals surface area contributed by atoms with Gasteiger partial charge in [-0.1, -0.05) is 55.0 Å². The summed E-state index contributed by atoms with van der Waals surface area (Å²) in [7, 11) is -4.12. The Morgan fingerprint density at radius 1 is 0.900 bits per heavy atom. The number of benzene rings is 3. The number of hydrogen-bond donors (Lipinski definition) is 1. The molecule has 3 aromatic rings. The fraction of sp³-hybridized carbons (Fsp3) is 0.355. The maximum atomic E-state index is 13.9. The first-order chi connectivity index (χ1) is 19.1. The van der Waals surface area contributed by atoms with E-state index in [1.54, 1.807) is 43.3 Å². The predicted octanol–water partition coefficient (Wildman–Crippen LogP) is 4.92. The Bertz CT molecular complexity index is 1360. The third-order valence-electron chi connectivity index (χ3n) is 6.69. The van der Waals surface area contributed by atoms with Gasteiger partial charge in [0.25, 0.3) is 10.0 Å². The SMILES string of the molecule is CCOc1ccc(N(CC(=O)N(Cc2ccccc2)[C@@H](C)C(=O)N[C@@H](C)CC)S(=O)(=O)c2ccc(C)cc2)cc1. The second kappa shape index (κ2) is 14.0. The van der Waals surface area contributed by atoms with Crippen LogP contribution in [0.25, 0.3) is 0 Å². The van der Waals surface area contributed by atoms with Crippen LogP contribution in [0.3, 0.4) is 0 Å². The second-order valence-electron chi connectivity index (χ2n) is 9.75. The minimum absolute atomic E-state index is 0.0640. The van der Waals surface area contributed by atoms with Gasteiger partial charge in [-0.05, 0) is 76.1 Å². The molecular formula is C31H39N3O5S. The number of carbonyl (C=O) groups excluding carboxylic acids is 2. The van der Waals surface area contributed by atoms with E-state index in [-0.39, 0.29) is 23.4 Å². The molecule has 1 N–H and O–H groups in total. The Balaban J connectivity index is 2.01. The van der Waals surface area contributed by atoms with Crippen molar-refractivity contribution in [2.75, 3.05) is 17.5 Å². The molecule has 0 spiro atoms. The van der Waals surface area contributed by atoms with E-state index in [0.717, 1.165) is 21.9 Å². The Morgan fingerprint density at radius 3 is 2.10 bits per heavy atom. The molecule has 0 radical (unpaired) electrons. The van der Waals surface area contributed by atoms with Gasteiger partial charge in [-0.3, -0.25) is 13.9 Å². The summed E-state index contributed by atoms with van der Waals surface area (Å²) in [6, 6.07) is 21.5. The van der Waals surface area contributed by atoms with Crippen LogP contribution >= 0.6 is 0 Å². The number of aryl methyl sites for hydroxylation is 1. The third-order valence-corrected chi connectivity index (χ3v) is 8.48. The van der Waals surface area contributed by atoms with Crippen LogP contribution in [0, 0.1) is 6.92 Å². The molecule has 8 nitrogen and oxygen atoms in total. The number of sulfonamides is 1. The highest BCUT2D eigenvalue weighted by Gasteiger charge is 2.32. The van der Waals surface area contributed by atoms with Crippen molar-refractivity contribution in [3.8, 4) is 5.75 Å². The number of carbonyl (C=O) groups is 2. The summed E-state index contributed by atoms with van der Waals surface area (Å²) in [5.41, 5.74) is 2.06. The molecule has 3 aromatic carbocycles. The Morgan fingerprint density at radius 2 is 1.52 bits per heavy atom. The molecule has 0 saturated carbocycles. The predicted molar refractivity (Wildman–Crippen MR) is 158 cm³/mol. The van der Waals surface area contributed by atoms with Gasteiger partial charge >= 0.3 is 0 Å². The van der Waals surface area contributed by atoms with Crippen LogP contribution in [-0.4, -0.2) is 50.4 Å². The van der Waals surface area contributed by atoms with E-state index in [9.17, 15) is 18.0 Å². The zero-order valence-corrected chi connectivity index (χ0v) is 24.6. The Kier molecular flexibility index (Phi) is 10.7. The molecule has 9 heteroatoms. The van der Waals surface area contributed by atoms with Gasteiger partial charge in [0.1, 0.15) is 18.3 Å². The summed E-state index contributed by atoms with van der Waals surface area (Å²) in [6.45, 7) is 9.39. The summed E-state index contributed by atoms with van der Waals surface area (Å²) in [5, 5.41) is 2.94. The fourth-order valence-electron chi connectivity index (χ4n) is 4.07. The van der Waals surface area contributed by atoms with Gasteiger partial charge in [0.05, 0.1) is 17.2 Å². The first kappa shape index (κ1) is 30.7. The average molecular weight is 566 g/mol. The average Bonchev–Trinajstić information content (AvgIpc) is 2.95. The number of nitrogens with one attached hydrogen (secondary N) is 1. The van der Waals surface area contributed by atoms with Crippen molar-refractivity contribution in [3.63, 3.8) is 0 Å². The zero-order valence-electron chi connectivity index (χ0n) is 23.8. The minimum atomic E-state index is -4.12. The third kappa shape index (κ3) is 7.85. The van der Waals surface area contributed by atoms with Gasteiger partial charge in [0.15, 0.2) is 0 Å². The number of hydrogen-bond acceptors (Lipinski definition) is 5. The van der Waals surface area contributed by atoms with Crippen molar-refractivity contribution in [1.82, 2.24) is 10.2 Å². The maximum Gasteiger partial charge on any atom is 0.264 e. The number of anilines is 1. The number of rotatable bonds is 13. The van der Waals surface area contributed by atoms with Crippen LogP contribution < -0.4 is 14.4 Å². The van der Waals surface area contributed by atoms with Crippen LogP contribution in [0.15, 0.2) is 83.8 Å². The molecule has 3 rings (SSSR count). The van der Waals surface area contributed by atoms with E-state index < -0.39 is 28.5 Å². The summed E-state index contributed by atoms with van der Waals surface area (Å²) in [6.07, 6.45) is 0.741. The lowest BCUT2D eigenvalue weighted by Crippen LogP contribution is -2.52. The van der Waals surface area contributed by atoms with E-state index in [0.29, 0.717) is 18.0 Å². The van der Waals surface area contributed by atoms with E-state index in [4.69, 9.17) is 4.74 Å². The molecule has 0 fully saturated rings. The molecule has 0 aromatic heterocycles. The fourth-order valence-corrected chi connectivity index (χ4v) is 5.48. The topological polar surface area (TPSA) is 96.0 Å². The Hall–Kier alpha value is -3.85. The van der Waals surface area contributed by atoms with Gasteiger partial charge in [0.2, 0.25) is 11.8 Å². The van der Waals surface area contributed by atoms with Gasteiger partial charge in [-0.25, -0.2) is 8.42 Å². The van der Waals surface area contributed by atoms with E-state index in [1.165, 1.54) is 17.0 Å². The van der Waals surface area contributed by atoms with Gasteiger partial charge in [-0.15, -0.1) is 0 Å². The molecule has 2 amide bonds. The summed E-state index contributed by atoms with van der Waals surface area (Å²) < 4.78 is 34.4. The van der Waals surface area contributed by atoms with Crippen LogP contribution in [0.4, 0.5) is 5.69 Å². The summed E-state index contributed by atoms with van der Waals surface area (Å²) >= 11 is 0. The molecule has 0 bridgehead atoms. The van der Waals surface area contributed by atoms with Crippen molar-refractivity contribution < 1.29 is 22.7 Å². The summed E-state index contributed by atoms with van der Waals surface area (Å²) in [4.78, 5) is 28.5. The van der Waals surface area contributed by atoms with Crippen molar-refractivity contribution in [2.45, 2.75) is 64.6 Å². The lowest BCUT2D eigenvalue weighted by Gasteiger charge is -2.32. The molecule has 0 heterocycles. The Labute approximate surface area is 238 Å². The van der Waals surface area contributed by atoms with Crippen LogP contribution in [0.1, 0.15) is 45.2 Å². The lowest BCUT2D eigenvalue weighted by molar-refractivity contribution is -0.139. The molecule has 0 aliphatic carbocycles. The molecule has 0 unspecified atom stereocenters. The van der Waals surface area contributed by atoms with Crippen LogP contribution in [0.5, 0.6) is 5.75 Å². The van der Waals surface area contributed by atoms with Gasteiger partial charge in [-0.2, -0.15) is 0 Å². The lowest BCUT2D eigenvalue weighted by atomic mass is 10.1. The number of nitrogens with zero attached hydrogens (tertiary/aromatic N) is 2. The van der Waals surface area contributed by atoms with Gasteiger partial charge in [0, 0.05) is 12.6 Å². The molecule has 214 valence electrons. The standard InChI is InChI=1S/C31H39N3O5S/c1-6-24(4)32-31(36)25(5)33(21-26-11-9-8-10-12-26)30(35)22-34(27-15-17-28(18-16-27)39-7-2)40(37,38)29-19-13-23(3)14-20-29/h8-20,24-25H,6-7,21-22H2,1-5H3,(H,32,36)/t24-,25-/m0/s1. The monoisotopic (exact) mass is 565 g/mol. The van der Waals surface area contributed by atoms with E-state index in [2.05, 4.69) is 5.32 Å². The second-order valence-corrected chi connectivity index (χ2v) is 11.6. The first-order valence-electron chi connectivity index (χ1n) is 13.5. The van der Waals surface area contributed by atoms with Crippen molar-refractivity contribution >= 4 is 27.5 Å². The number of amides is 2. The highest BCUT2D eigenvalue weighted by Crippen LogP contribution is 2.27. The van der Waals surface area contributed by atoms with Crippen molar-refractivity contribution in [3.05, 3.63) is 90.0 Å². The van der Waals surface area contributed by atoms with Crippen molar-refractivity contribution in [2.24, 2.45) is 0 Å². The normalized spacial score (nSPS) is 12.7. The summed E-state index contributed by atoms with van der Waals surface area (Å²) in [5.74, 6) is -0.209. The molecule has 2 atom stereocenters. The molecule has 0 aliphatic heterocycles. The minimum Gasteiger partial charge on any atom is -0.494 e. The molecule has 40 heavy (non-hydrogen) atoms. The van der Waals surface area contributed by atoms with Crippen LogP contribution in [-0.2, 0) is 26.2 Å². The van der Waals surface area contributed by atoms with Crippen molar-refractivity contribution in [1.29, 1.82) is 0 Å². The highest BCUT2D eigenvalue weighted by molar-refractivity contribution is 7.92. The smallest absolute Gasteiger partial charge is 0.264 e.